The highest BCUT2D eigenvalue weighted by Gasteiger charge is 2.21. The third kappa shape index (κ3) is 3.28. The van der Waals surface area contributed by atoms with Crippen LogP contribution in [-0.4, -0.2) is 26.6 Å². The van der Waals surface area contributed by atoms with E-state index < -0.39 is 0 Å². The average molecular weight is 235 g/mol. The van der Waals surface area contributed by atoms with Gasteiger partial charge >= 0.3 is 0 Å². The minimum absolute atomic E-state index is 0.0577. The lowest BCUT2D eigenvalue weighted by atomic mass is 10.0. The lowest BCUT2D eigenvalue weighted by Gasteiger charge is -2.20. The second kappa shape index (κ2) is 6.15. The molecule has 94 valence electrons. The Hall–Kier alpha value is -0.900. The third-order valence-corrected chi connectivity index (χ3v) is 3.23. The van der Waals surface area contributed by atoms with E-state index in [1.54, 1.807) is 0 Å². The summed E-state index contributed by atoms with van der Waals surface area (Å²) in [5.74, 6) is 0. The fourth-order valence-corrected chi connectivity index (χ4v) is 2.19. The van der Waals surface area contributed by atoms with Crippen molar-refractivity contribution in [3.8, 4) is 0 Å². The topological polar surface area (TPSA) is 30.5 Å². The zero-order chi connectivity index (χ0) is 12.1. The van der Waals surface area contributed by atoms with Gasteiger partial charge in [-0.25, -0.2) is 0 Å². The predicted octanol–water partition coefficient (Wildman–Crippen LogP) is 2.27. The van der Waals surface area contributed by atoms with Crippen LogP contribution in [0.5, 0.6) is 0 Å². The van der Waals surface area contributed by atoms with Crippen LogP contribution in [0.15, 0.2) is 24.3 Å². The summed E-state index contributed by atoms with van der Waals surface area (Å²) in [6.07, 6.45) is 1.88. The van der Waals surface area contributed by atoms with Crippen LogP contribution in [0, 0.1) is 0 Å². The monoisotopic (exact) mass is 235 g/mol. The van der Waals surface area contributed by atoms with Crippen LogP contribution in [0.25, 0.3) is 0 Å². The van der Waals surface area contributed by atoms with E-state index in [1.807, 2.05) is 7.05 Å². The molecule has 1 fully saturated rings. The van der Waals surface area contributed by atoms with Crippen molar-refractivity contribution in [3.63, 3.8) is 0 Å². The van der Waals surface area contributed by atoms with Gasteiger partial charge in [0, 0.05) is 12.5 Å². The minimum atomic E-state index is -0.0577. The molecule has 1 heterocycles. The van der Waals surface area contributed by atoms with Crippen molar-refractivity contribution in [2.24, 2.45) is 0 Å². The first-order chi connectivity index (χ1) is 8.33. The lowest BCUT2D eigenvalue weighted by molar-refractivity contribution is -0.0526. The van der Waals surface area contributed by atoms with Crippen LogP contribution in [0.1, 0.15) is 30.5 Å². The van der Waals surface area contributed by atoms with Crippen molar-refractivity contribution in [2.45, 2.75) is 32.1 Å². The summed E-state index contributed by atoms with van der Waals surface area (Å²) in [6, 6.07) is 9.00. The molecule has 0 spiro atoms. The summed E-state index contributed by atoms with van der Waals surface area (Å²) in [6.45, 7) is 3.61. The summed E-state index contributed by atoms with van der Waals surface area (Å²) in [4.78, 5) is 0. The molecular weight excluding hydrogens is 214 g/mol. The molecule has 17 heavy (non-hydrogen) atoms. The van der Waals surface area contributed by atoms with Gasteiger partial charge in [0.15, 0.2) is 6.29 Å². The SMILES string of the molecule is CCc1cccc(C(CC2OCCO2)NC)c1. The molecule has 0 amide bonds. The van der Waals surface area contributed by atoms with E-state index >= 15 is 0 Å². The van der Waals surface area contributed by atoms with Gasteiger partial charge < -0.3 is 14.8 Å². The average Bonchev–Trinajstić information content (AvgIpc) is 2.89. The molecule has 1 N–H and O–H groups in total. The first-order valence-electron chi connectivity index (χ1n) is 6.32. The number of benzene rings is 1. The highest BCUT2D eigenvalue weighted by atomic mass is 16.7. The van der Waals surface area contributed by atoms with Gasteiger partial charge in [-0.15, -0.1) is 0 Å². The van der Waals surface area contributed by atoms with Gasteiger partial charge in [-0.05, 0) is 24.6 Å². The van der Waals surface area contributed by atoms with Crippen LogP contribution in [-0.2, 0) is 15.9 Å². The highest BCUT2D eigenvalue weighted by molar-refractivity contribution is 5.26. The van der Waals surface area contributed by atoms with Crippen molar-refractivity contribution in [1.82, 2.24) is 5.32 Å². The summed E-state index contributed by atoms with van der Waals surface area (Å²) >= 11 is 0. The Morgan fingerprint density at radius 3 is 2.76 bits per heavy atom. The first-order valence-corrected chi connectivity index (χ1v) is 6.32. The molecule has 3 nitrogen and oxygen atoms in total. The van der Waals surface area contributed by atoms with Crippen molar-refractivity contribution in [2.75, 3.05) is 20.3 Å². The third-order valence-electron chi connectivity index (χ3n) is 3.23. The number of rotatable bonds is 5. The fraction of sp³-hybridized carbons (Fsp3) is 0.571. The largest absolute Gasteiger partial charge is 0.350 e. The van der Waals surface area contributed by atoms with Crippen molar-refractivity contribution in [3.05, 3.63) is 35.4 Å². The summed E-state index contributed by atoms with van der Waals surface area (Å²) in [7, 11) is 1.98. The molecule has 3 heteroatoms. The van der Waals surface area contributed by atoms with Gasteiger partial charge in [-0.1, -0.05) is 31.2 Å². The van der Waals surface area contributed by atoms with E-state index in [0.717, 1.165) is 26.1 Å². The molecule has 0 saturated carbocycles. The quantitative estimate of drug-likeness (QED) is 0.849. The Morgan fingerprint density at radius 1 is 1.35 bits per heavy atom. The van der Waals surface area contributed by atoms with Gasteiger partial charge in [-0.3, -0.25) is 0 Å². The Labute approximate surface area is 103 Å². The molecule has 0 radical (unpaired) electrons. The molecule has 1 aromatic carbocycles. The van der Waals surface area contributed by atoms with E-state index in [1.165, 1.54) is 11.1 Å². The predicted molar refractivity (Wildman–Crippen MR) is 67.9 cm³/mol. The van der Waals surface area contributed by atoms with Crippen molar-refractivity contribution >= 4 is 0 Å². The molecule has 0 aromatic heterocycles. The van der Waals surface area contributed by atoms with Crippen LogP contribution in [0.3, 0.4) is 0 Å². The van der Waals surface area contributed by atoms with E-state index in [2.05, 4.69) is 36.5 Å². The van der Waals surface area contributed by atoms with Crippen molar-refractivity contribution < 1.29 is 9.47 Å². The van der Waals surface area contributed by atoms with Crippen LogP contribution in [0.4, 0.5) is 0 Å². The highest BCUT2D eigenvalue weighted by Crippen LogP contribution is 2.22. The maximum absolute atomic E-state index is 5.50. The molecular formula is C14H21NO2. The van der Waals surface area contributed by atoms with E-state index in [4.69, 9.17) is 9.47 Å². The standard InChI is InChI=1S/C14H21NO2/c1-3-11-5-4-6-12(9-11)13(15-2)10-14-16-7-8-17-14/h4-6,9,13-15H,3,7-8,10H2,1-2H3. The molecule has 2 rings (SSSR count). The zero-order valence-electron chi connectivity index (χ0n) is 10.6. The van der Waals surface area contributed by atoms with E-state index in [-0.39, 0.29) is 6.29 Å². The normalized spacial score (nSPS) is 18.5. The molecule has 0 bridgehead atoms. The molecule has 1 atom stereocenters. The van der Waals surface area contributed by atoms with Gasteiger partial charge in [-0.2, -0.15) is 0 Å². The molecule has 1 unspecified atom stereocenters. The molecule has 1 saturated heterocycles. The lowest BCUT2D eigenvalue weighted by Crippen LogP contribution is -2.23. The summed E-state index contributed by atoms with van der Waals surface area (Å²) < 4.78 is 11.0. The Balaban J connectivity index is 2.04. The Bertz CT molecular complexity index is 348. The second-order valence-electron chi connectivity index (χ2n) is 4.35. The number of ether oxygens (including phenoxy) is 2. The summed E-state index contributed by atoms with van der Waals surface area (Å²) in [5.41, 5.74) is 2.68. The van der Waals surface area contributed by atoms with Crippen LogP contribution < -0.4 is 5.32 Å². The Morgan fingerprint density at radius 2 is 2.12 bits per heavy atom. The van der Waals surface area contributed by atoms with Crippen molar-refractivity contribution in [1.29, 1.82) is 0 Å². The van der Waals surface area contributed by atoms with Crippen LogP contribution in [0.2, 0.25) is 0 Å². The maximum atomic E-state index is 5.50. The molecule has 0 aliphatic carbocycles. The first kappa shape index (κ1) is 12.6. The Kier molecular flexibility index (Phi) is 4.54. The van der Waals surface area contributed by atoms with Gasteiger partial charge in [0.25, 0.3) is 0 Å². The molecule has 1 aromatic rings. The number of hydrogen-bond acceptors (Lipinski definition) is 3. The number of aryl methyl sites for hydroxylation is 1. The number of nitrogens with one attached hydrogen (secondary N) is 1. The summed E-state index contributed by atoms with van der Waals surface area (Å²) in [5, 5.41) is 3.34. The number of hydrogen-bond donors (Lipinski definition) is 1. The fourth-order valence-electron chi connectivity index (χ4n) is 2.19. The molecule has 1 aliphatic rings. The van der Waals surface area contributed by atoms with E-state index in [9.17, 15) is 0 Å². The van der Waals surface area contributed by atoms with E-state index in [0.29, 0.717) is 6.04 Å². The van der Waals surface area contributed by atoms with Crippen LogP contribution >= 0.6 is 0 Å². The van der Waals surface area contributed by atoms with Gasteiger partial charge in [0.2, 0.25) is 0 Å². The second-order valence-corrected chi connectivity index (χ2v) is 4.35. The maximum Gasteiger partial charge on any atom is 0.159 e. The van der Waals surface area contributed by atoms with Gasteiger partial charge in [0.05, 0.1) is 13.2 Å². The minimum Gasteiger partial charge on any atom is -0.350 e. The molecule has 1 aliphatic heterocycles. The smallest absolute Gasteiger partial charge is 0.159 e. The zero-order valence-corrected chi connectivity index (χ0v) is 10.6. The van der Waals surface area contributed by atoms with Gasteiger partial charge in [0.1, 0.15) is 0 Å².